The standard InChI is InChI=1S/C20H21F3N4O3/c1-5-26-13(20(21,22)23)8-11-14(18(25)28)17(24)27(16(11)19(26)29)15-9(2)6-7-12(30-4)10(15)3/h6-8H,5,24H2,1-4H3,(H2,25,28). The fraction of sp³-hybridized carbons (Fsp3) is 0.300. The summed E-state index contributed by atoms with van der Waals surface area (Å²) in [6, 6.07) is 4.19. The van der Waals surface area contributed by atoms with Gasteiger partial charge in [-0.1, -0.05) is 6.07 Å². The number of halogens is 3. The van der Waals surface area contributed by atoms with Crippen molar-refractivity contribution < 1.29 is 22.7 Å². The minimum atomic E-state index is -4.81. The third kappa shape index (κ3) is 2.99. The quantitative estimate of drug-likeness (QED) is 0.674. The number of nitrogen functional groups attached to an aromatic ring is 1. The molecule has 3 rings (SSSR count). The Labute approximate surface area is 169 Å². The van der Waals surface area contributed by atoms with Crippen molar-refractivity contribution in [2.45, 2.75) is 33.5 Å². The van der Waals surface area contributed by atoms with Crippen LogP contribution in [0.3, 0.4) is 0 Å². The number of aryl methyl sites for hydroxylation is 1. The van der Waals surface area contributed by atoms with Gasteiger partial charge in [-0.05, 0) is 38.5 Å². The number of aromatic nitrogens is 2. The molecular weight excluding hydrogens is 401 g/mol. The fourth-order valence-electron chi connectivity index (χ4n) is 3.83. The van der Waals surface area contributed by atoms with E-state index in [0.717, 1.165) is 6.07 Å². The molecule has 0 radical (unpaired) electrons. The summed E-state index contributed by atoms with van der Waals surface area (Å²) in [5.41, 5.74) is 10.7. The molecule has 0 aliphatic carbocycles. The van der Waals surface area contributed by atoms with Crippen LogP contribution in [-0.4, -0.2) is 22.2 Å². The van der Waals surface area contributed by atoms with Crippen LogP contribution < -0.4 is 21.8 Å². The number of benzene rings is 1. The largest absolute Gasteiger partial charge is 0.496 e. The number of ether oxygens (including phenoxy) is 1. The molecule has 0 bridgehead atoms. The van der Waals surface area contributed by atoms with Crippen LogP contribution in [0.2, 0.25) is 0 Å². The summed E-state index contributed by atoms with van der Waals surface area (Å²) in [7, 11) is 1.47. The maximum absolute atomic E-state index is 13.6. The Kier molecular flexibility index (Phi) is 5.05. The summed E-state index contributed by atoms with van der Waals surface area (Å²) in [4.78, 5) is 25.3. The van der Waals surface area contributed by atoms with Gasteiger partial charge in [0.2, 0.25) is 0 Å². The topological polar surface area (TPSA) is 105 Å². The zero-order valence-corrected chi connectivity index (χ0v) is 16.8. The van der Waals surface area contributed by atoms with Crippen LogP contribution in [-0.2, 0) is 12.7 Å². The number of carbonyl (C=O) groups is 1. The van der Waals surface area contributed by atoms with E-state index in [1.807, 2.05) is 0 Å². The number of anilines is 1. The van der Waals surface area contributed by atoms with E-state index in [9.17, 15) is 22.8 Å². The van der Waals surface area contributed by atoms with Crippen LogP contribution in [0.5, 0.6) is 5.75 Å². The monoisotopic (exact) mass is 422 g/mol. The highest BCUT2D eigenvalue weighted by molar-refractivity contribution is 6.11. The van der Waals surface area contributed by atoms with Crippen molar-refractivity contribution >= 4 is 22.6 Å². The van der Waals surface area contributed by atoms with E-state index in [-0.39, 0.29) is 28.8 Å². The highest BCUT2D eigenvalue weighted by Gasteiger charge is 2.37. The van der Waals surface area contributed by atoms with E-state index in [0.29, 0.717) is 27.1 Å². The molecular formula is C20H21F3N4O3. The Bertz CT molecular complexity index is 1240. The number of nitrogens with two attached hydrogens (primary N) is 2. The molecule has 30 heavy (non-hydrogen) atoms. The van der Waals surface area contributed by atoms with E-state index in [1.54, 1.807) is 26.0 Å². The minimum absolute atomic E-state index is 0.157. The molecule has 0 spiro atoms. The number of nitrogens with zero attached hydrogens (tertiary/aromatic N) is 2. The van der Waals surface area contributed by atoms with Gasteiger partial charge in [0, 0.05) is 17.5 Å². The van der Waals surface area contributed by atoms with Gasteiger partial charge in [0.1, 0.15) is 22.8 Å². The highest BCUT2D eigenvalue weighted by atomic mass is 19.4. The normalized spacial score (nSPS) is 11.8. The Hall–Kier alpha value is -3.43. The number of methoxy groups -OCH3 is 1. The van der Waals surface area contributed by atoms with Crippen molar-refractivity contribution in [2.24, 2.45) is 5.73 Å². The molecule has 2 heterocycles. The Morgan fingerprint density at radius 1 is 1.23 bits per heavy atom. The van der Waals surface area contributed by atoms with Crippen molar-refractivity contribution in [3.8, 4) is 11.4 Å². The SMILES string of the molecule is CCn1c(C(F)(F)F)cc2c(C(N)=O)c(N)n(-c3c(C)ccc(OC)c3C)c2c1=O. The van der Waals surface area contributed by atoms with Crippen LogP contribution >= 0.6 is 0 Å². The second-order valence-corrected chi connectivity index (χ2v) is 6.86. The van der Waals surface area contributed by atoms with Crippen LogP contribution in [0.4, 0.5) is 19.0 Å². The first-order valence-electron chi connectivity index (χ1n) is 9.04. The van der Waals surface area contributed by atoms with Gasteiger partial charge >= 0.3 is 6.18 Å². The molecule has 0 saturated heterocycles. The molecule has 0 atom stereocenters. The second-order valence-electron chi connectivity index (χ2n) is 6.86. The van der Waals surface area contributed by atoms with Crippen LogP contribution in [0.15, 0.2) is 23.0 Å². The van der Waals surface area contributed by atoms with E-state index >= 15 is 0 Å². The summed E-state index contributed by atoms with van der Waals surface area (Å²) < 4.78 is 48.0. The first kappa shape index (κ1) is 21.3. The molecule has 0 aliphatic heterocycles. The molecule has 4 N–H and O–H groups in total. The van der Waals surface area contributed by atoms with Crippen LogP contribution in [0.25, 0.3) is 16.6 Å². The molecule has 0 fully saturated rings. The van der Waals surface area contributed by atoms with E-state index in [2.05, 4.69) is 0 Å². The van der Waals surface area contributed by atoms with Crippen LogP contribution in [0.1, 0.15) is 34.1 Å². The molecule has 1 aromatic carbocycles. The van der Waals surface area contributed by atoms with Gasteiger partial charge in [0.15, 0.2) is 0 Å². The van der Waals surface area contributed by atoms with E-state index < -0.39 is 23.3 Å². The molecule has 2 aromatic heterocycles. The van der Waals surface area contributed by atoms with Crippen LogP contribution in [0, 0.1) is 13.8 Å². The number of primary amides is 1. The van der Waals surface area contributed by atoms with Crippen molar-refractivity contribution in [3.05, 3.63) is 50.9 Å². The van der Waals surface area contributed by atoms with Gasteiger partial charge in [-0.3, -0.25) is 14.2 Å². The first-order valence-corrected chi connectivity index (χ1v) is 9.04. The Morgan fingerprint density at radius 3 is 2.37 bits per heavy atom. The van der Waals surface area contributed by atoms with Gasteiger partial charge in [-0.25, -0.2) is 0 Å². The zero-order valence-electron chi connectivity index (χ0n) is 16.8. The average Bonchev–Trinajstić information content (AvgIpc) is 2.94. The van der Waals surface area contributed by atoms with E-state index in [1.165, 1.54) is 18.6 Å². The van der Waals surface area contributed by atoms with Gasteiger partial charge in [0.25, 0.3) is 11.5 Å². The smallest absolute Gasteiger partial charge is 0.431 e. The number of amides is 1. The summed E-state index contributed by atoms with van der Waals surface area (Å²) in [6.45, 7) is 4.67. The number of fused-ring (bicyclic) bond motifs is 1. The predicted molar refractivity (Wildman–Crippen MR) is 107 cm³/mol. The van der Waals surface area contributed by atoms with Gasteiger partial charge in [-0.2, -0.15) is 13.2 Å². The number of hydrogen-bond donors (Lipinski definition) is 2. The summed E-state index contributed by atoms with van der Waals surface area (Å²) in [6.07, 6.45) is -4.81. The number of rotatable bonds is 4. The summed E-state index contributed by atoms with van der Waals surface area (Å²) in [5, 5.41) is -0.247. The third-order valence-electron chi connectivity index (χ3n) is 5.14. The van der Waals surface area contributed by atoms with Crippen molar-refractivity contribution in [1.82, 2.24) is 9.13 Å². The number of pyridine rings is 1. The van der Waals surface area contributed by atoms with Gasteiger partial charge in [-0.15, -0.1) is 0 Å². The lowest BCUT2D eigenvalue weighted by Crippen LogP contribution is -2.28. The average molecular weight is 422 g/mol. The van der Waals surface area contributed by atoms with Crippen molar-refractivity contribution in [1.29, 1.82) is 0 Å². The minimum Gasteiger partial charge on any atom is -0.496 e. The third-order valence-corrected chi connectivity index (χ3v) is 5.14. The lowest BCUT2D eigenvalue weighted by molar-refractivity contribution is -0.144. The highest BCUT2D eigenvalue weighted by Crippen LogP contribution is 2.38. The molecule has 3 aromatic rings. The molecule has 160 valence electrons. The lowest BCUT2D eigenvalue weighted by atomic mass is 10.1. The Morgan fingerprint density at radius 2 is 1.87 bits per heavy atom. The molecule has 0 saturated carbocycles. The predicted octanol–water partition coefficient (Wildman–Crippen LogP) is 3.14. The van der Waals surface area contributed by atoms with Gasteiger partial charge in [0.05, 0.1) is 18.4 Å². The van der Waals surface area contributed by atoms with Gasteiger partial charge < -0.3 is 20.8 Å². The molecule has 7 nitrogen and oxygen atoms in total. The Balaban J connectivity index is 2.64. The number of carbonyl (C=O) groups excluding carboxylic acids is 1. The number of hydrogen-bond acceptors (Lipinski definition) is 4. The molecule has 0 unspecified atom stereocenters. The lowest BCUT2D eigenvalue weighted by Gasteiger charge is -2.18. The second kappa shape index (κ2) is 7.12. The molecule has 0 aliphatic rings. The first-order chi connectivity index (χ1) is 13.9. The summed E-state index contributed by atoms with van der Waals surface area (Å²) in [5.74, 6) is -0.757. The maximum atomic E-state index is 13.6. The zero-order chi connectivity index (χ0) is 22.5. The molecule has 1 amide bonds. The maximum Gasteiger partial charge on any atom is 0.431 e. The summed E-state index contributed by atoms with van der Waals surface area (Å²) >= 11 is 0. The van der Waals surface area contributed by atoms with Crippen molar-refractivity contribution in [2.75, 3.05) is 12.8 Å². The number of alkyl halides is 3. The fourth-order valence-corrected chi connectivity index (χ4v) is 3.83. The van der Waals surface area contributed by atoms with E-state index in [4.69, 9.17) is 16.2 Å². The van der Waals surface area contributed by atoms with Crippen molar-refractivity contribution in [3.63, 3.8) is 0 Å². The molecule has 10 heteroatoms.